The number of aromatic nitrogens is 15. The summed E-state index contributed by atoms with van der Waals surface area (Å²) in [6.07, 6.45) is 0. The number of hydrogen-bond acceptors (Lipinski definition) is 27. The molecule has 0 unspecified atom stereocenters. The molecule has 27 nitrogen and oxygen atoms in total. The van der Waals surface area contributed by atoms with Crippen molar-refractivity contribution in [1.82, 2.24) is 75.3 Å². The Labute approximate surface area is 841 Å². The van der Waals surface area contributed by atoms with Crippen LogP contribution in [0.3, 0.4) is 0 Å². The van der Waals surface area contributed by atoms with Gasteiger partial charge in [-0.3, -0.25) is 0 Å². The first-order valence-corrected chi connectivity index (χ1v) is 47.8. The number of aryl methyl sites for hydroxylation is 21. The largest absolute Gasteiger partial charge is 0.334 e. The van der Waals surface area contributed by atoms with Gasteiger partial charge < -0.3 is 61.4 Å². The summed E-state index contributed by atoms with van der Waals surface area (Å²) in [5, 5.41) is 42.8. The molecule has 726 valence electrons. The predicted octanol–water partition coefficient (Wildman–Crippen LogP) is 29.5. The fourth-order valence-corrected chi connectivity index (χ4v) is 16.2. The summed E-state index contributed by atoms with van der Waals surface area (Å²) in [5.41, 5.74) is 41.9. The van der Waals surface area contributed by atoms with Crippen LogP contribution in [0.2, 0.25) is 0 Å². The van der Waals surface area contributed by atoms with E-state index < -0.39 is 0 Å². The van der Waals surface area contributed by atoms with E-state index in [1.807, 2.05) is 130 Å². The second-order valence-electron chi connectivity index (χ2n) is 37.4. The molecular formula is C117H120N24O3. The molecule has 0 atom stereocenters. The van der Waals surface area contributed by atoms with Crippen molar-refractivity contribution in [2.24, 2.45) is 0 Å². The monoisotopic (exact) mass is 1910 g/mol. The Hall–Kier alpha value is -17.5. The van der Waals surface area contributed by atoms with Crippen molar-refractivity contribution in [3.63, 3.8) is 0 Å². The maximum Gasteiger partial charge on any atom is 0.258 e. The summed E-state index contributed by atoms with van der Waals surface area (Å²) in [4.78, 5) is 55.8. The fourth-order valence-electron chi connectivity index (χ4n) is 16.2. The van der Waals surface area contributed by atoms with Crippen molar-refractivity contribution in [3.8, 4) is 68.5 Å². The topological polar surface area (TPSA) is 341 Å². The first-order chi connectivity index (χ1) is 68.9. The molecule has 27 heteroatoms. The molecule has 144 heavy (non-hydrogen) atoms. The Bertz CT molecular complexity index is 7010. The second-order valence-corrected chi connectivity index (χ2v) is 37.4. The number of hydrogen-bond donors (Lipinski definition) is 9. The van der Waals surface area contributed by atoms with Crippen molar-refractivity contribution < 1.29 is 13.6 Å². The van der Waals surface area contributed by atoms with E-state index >= 15 is 0 Å². The third kappa shape index (κ3) is 26.0. The second kappa shape index (κ2) is 43.9. The lowest BCUT2D eigenvalue weighted by atomic mass is 10.0. The summed E-state index contributed by atoms with van der Waals surface area (Å²) >= 11 is 0. The highest BCUT2D eigenvalue weighted by atomic mass is 16.5. The van der Waals surface area contributed by atoms with Crippen molar-refractivity contribution in [2.75, 3.05) is 47.9 Å². The lowest BCUT2D eigenvalue weighted by Gasteiger charge is -2.15. The van der Waals surface area contributed by atoms with Gasteiger partial charge in [0.2, 0.25) is 71.0 Å². The highest BCUT2D eigenvalue weighted by Gasteiger charge is 2.23. The van der Waals surface area contributed by atoms with Crippen LogP contribution in [-0.2, 0) is 0 Å². The molecule has 0 amide bonds. The molecule has 0 aliphatic heterocycles. The lowest BCUT2D eigenvalue weighted by molar-refractivity contribution is 0.429. The average Bonchev–Trinajstić information content (AvgIpc) is 1.66. The minimum atomic E-state index is 0.324. The third-order valence-corrected chi connectivity index (χ3v) is 25.1. The van der Waals surface area contributed by atoms with Gasteiger partial charge in [0.25, 0.3) is 17.7 Å². The molecule has 0 radical (unpaired) electrons. The van der Waals surface area contributed by atoms with Gasteiger partial charge in [0.1, 0.15) is 0 Å². The summed E-state index contributed by atoms with van der Waals surface area (Å²) in [6, 6.07) is 79.5. The van der Waals surface area contributed by atoms with Crippen LogP contribution in [-0.4, -0.2) is 75.3 Å². The van der Waals surface area contributed by atoms with Crippen molar-refractivity contribution >= 4 is 105 Å². The minimum Gasteiger partial charge on any atom is -0.334 e. The van der Waals surface area contributed by atoms with Gasteiger partial charge in [0, 0.05) is 84.6 Å². The molecule has 0 bridgehead atoms. The van der Waals surface area contributed by atoms with Crippen molar-refractivity contribution in [1.29, 1.82) is 0 Å². The highest BCUT2D eigenvalue weighted by molar-refractivity contribution is 5.77. The van der Waals surface area contributed by atoms with E-state index in [2.05, 4.69) is 381 Å². The molecule has 6 heterocycles. The van der Waals surface area contributed by atoms with E-state index in [1.165, 1.54) is 117 Å². The molecule has 0 aliphatic carbocycles. The minimum absolute atomic E-state index is 0.324. The van der Waals surface area contributed by atoms with Crippen LogP contribution >= 0.6 is 0 Å². The van der Waals surface area contributed by atoms with Crippen LogP contribution < -0.4 is 47.9 Å². The van der Waals surface area contributed by atoms with Gasteiger partial charge in [-0.05, 0) is 410 Å². The lowest BCUT2D eigenvalue weighted by Crippen LogP contribution is -2.08. The molecule has 9 N–H and O–H groups in total. The SMILES string of the molecule is Cc1cc(C)cc(Nc2nc(Nc3cc(C)cc(C)c3)nc(Nc3cc(C)cc(C)c3)n2)c1.Cc1cc(Nc2nc(Nc3cc(C)c(C)c(C)c3)nc(Nc3cc(C)c(C)c(C)c3)n2)cc(C)c1C.Cc1ccc(-c2noc(-c3cc(-c4nc(-c5ccc(C)cc5)no4)cc(-c4nc(-c5ccc(C)cc5)no4)c3)n2)cc1.Cc1ccc(Nc2nc(Nc3ccc(C)c(C)c3)nc(Nc3ccc(C)c(C)c3)n2)cc1C. The Kier molecular flexibility index (Phi) is 30.3. The highest BCUT2D eigenvalue weighted by Crippen LogP contribution is 2.38. The molecule has 13 aromatic carbocycles. The van der Waals surface area contributed by atoms with Crippen LogP contribution in [0.4, 0.5) is 105 Å². The fraction of sp³-hybridized carbons (Fsp3) is 0.205. The Morgan fingerprint density at radius 2 is 0.326 bits per heavy atom. The zero-order chi connectivity index (χ0) is 102. The maximum absolute atomic E-state index is 5.69. The van der Waals surface area contributed by atoms with E-state index in [0.717, 1.165) is 84.6 Å². The molecule has 0 saturated heterocycles. The predicted molar refractivity (Wildman–Crippen MR) is 583 cm³/mol. The first-order valence-electron chi connectivity index (χ1n) is 47.8. The van der Waals surface area contributed by atoms with E-state index in [0.29, 0.717) is 105 Å². The number of nitrogens with one attached hydrogen (secondary N) is 9. The van der Waals surface area contributed by atoms with Gasteiger partial charge in [-0.15, -0.1) is 0 Å². The number of benzene rings is 13. The average molecular weight is 1910 g/mol. The zero-order valence-corrected chi connectivity index (χ0v) is 85.9. The number of anilines is 18. The molecule has 6 aromatic heterocycles. The molecule has 0 spiro atoms. The third-order valence-electron chi connectivity index (χ3n) is 25.1. The Morgan fingerprint density at radius 3 is 0.521 bits per heavy atom. The van der Waals surface area contributed by atoms with Gasteiger partial charge in [-0.25, -0.2) is 0 Å². The summed E-state index contributed by atoms with van der Waals surface area (Å²) in [6.45, 7) is 50.2. The first kappa shape index (κ1) is 99.5. The summed E-state index contributed by atoms with van der Waals surface area (Å²) < 4.78 is 17.1. The Balaban J connectivity index is 0.000000138. The van der Waals surface area contributed by atoms with E-state index in [-0.39, 0.29) is 0 Å². The molecule has 19 aromatic rings. The van der Waals surface area contributed by atoms with Crippen LogP contribution in [0.25, 0.3) is 68.5 Å². The maximum atomic E-state index is 5.69. The zero-order valence-electron chi connectivity index (χ0n) is 85.9. The molecular weight excluding hydrogens is 1790 g/mol. The number of nitrogens with zero attached hydrogens (tertiary/aromatic N) is 15. The van der Waals surface area contributed by atoms with Gasteiger partial charge in [-0.2, -0.15) is 59.8 Å². The molecule has 19 rings (SSSR count). The van der Waals surface area contributed by atoms with Gasteiger partial charge in [-0.1, -0.05) is 141 Å². The molecule has 0 saturated carbocycles. The standard InChI is InChI=1S/C33H24N6O3.C30H36N6.2C27H30N6/c1-19-4-10-22(11-5-19)28-34-31(40-37-28)25-16-26(32-35-29(38-41-32)23-12-6-20(2)7-13-23)18-27(17-25)33-36-30(39-42-33)24-14-8-21(3)9-15-24;1-16-10-25(11-17(2)22(16)7)31-28-34-29(32-26-12-18(3)23(8)19(4)13-26)36-30(35-28)33-27-14-20(5)24(9)21(6)15-27;1-16-7-17(2)11-22(10-16)28-25-31-26(29-23-12-18(3)8-19(4)13-23)33-27(32-25)30-24-14-20(5)9-21(6)15-24;1-16-7-10-22(13-19(16)4)28-25-31-26(29-23-11-8-17(2)20(5)14-23)33-27(32-25)30-24-12-9-18(3)21(6)15-24/h4-18H,1-3H3;10-15H,1-9H3,(H3,31,32,33,34,35,36);2*7-15H,1-6H3,(H3,28,29,30,31,32,33). The molecule has 0 fully saturated rings. The van der Waals surface area contributed by atoms with Crippen LogP contribution in [0.1, 0.15) is 134 Å². The summed E-state index contributed by atoms with van der Waals surface area (Å²) in [7, 11) is 0. The van der Waals surface area contributed by atoms with Crippen molar-refractivity contribution in [3.05, 3.63) is 370 Å². The van der Waals surface area contributed by atoms with E-state index in [1.54, 1.807) is 0 Å². The quantitative estimate of drug-likeness (QED) is 0.0271. The smallest absolute Gasteiger partial charge is 0.258 e. The van der Waals surface area contributed by atoms with E-state index in [9.17, 15) is 0 Å². The van der Waals surface area contributed by atoms with Crippen LogP contribution in [0.15, 0.2) is 250 Å². The van der Waals surface area contributed by atoms with Crippen molar-refractivity contribution in [2.45, 2.75) is 166 Å². The van der Waals surface area contributed by atoms with Gasteiger partial charge >= 0.3 is 0 Å². The van der Waals surface area contributed by atoms with Crippen LogP contribution in [0.5, 0.6) is 0 Å². The summed E-state index contributed by atoms with van der Waals surface area (Å²) in [5.74, 6) is 6.62. The molecule has 0 aliphatic rings. The van der Waals surface area contributed by atoms with Gasteiger partial charge in [0.05, 0.1) is 0 Å². The normalized spacial score (nSPS) is 10.9. The Morgan fingerprint density at radius 1 is 0.146 bits per heavy atom. The van der Waals surface area contributed by atoms with E-state index in [4.69, 9.17) is 28.5 Å². The number of rotatable bonds is 24. The van der Waals surface area contributed by atoms with Gasteiger partial charge in [0.15, 0.2) is 0 Å². The van der Waals surface area contributed by atoms with Crippen LogP contribution in [0, 0.1) is 166 Å².